The predicted octanol–water partition coefficient (Wildman–Crippen LogP) is 3.50. The topological polar surface area (TPSA) is 51.2 Å². The molecule has 0 bridgehead atoms. The van der Waals surface area contributed by atoms with E-state index in [0.717, 1.165) is 16.5 Å². The molecule has 0 saturated carbocycles. The molecular weight excluding hydrogens is 264 g/mol. The van der Waals surface area contributed by atoms with E-state index in [-0.39, 0.29) is 5.91 Å². The van der Waals surface area contributed by atoms with E-state index in [2.05, 4.69) is 10.3 Å². The van der Waals surface area contributed by atoms with Crippen molar-refractivity contribution in [3.8, 4) is 5.75 Å². The highest BCUT2D eigenvalue weighted by atomic mass is 16.5. The van der Waals surface area contributed by atoms with Crippen LogP contribution in [0.1, 0.15) is 10.4 Å². The molecule has 0 aliphatic carbocycles. The second-order valence-corrected chi connectivity index (χ2v) is 4.59. The number of benzene rings is 2. The van der Waals surface area contributed by atoms with Gasteiger partial charge in [0.25, 0.3) is 5.91 Å². The number of hydrogen-bond acceptors (Lipinski definition) is 3. The molecule has 0 atom stereocenters. The first-order chi connectivity index (χ1) is 10.3. The summed E-state index contributed by atoms with van der Waals surface area (Å²) in [6, 6.07) is 14.7. The molecule has 1 amide bonds. The van der Waals surface area contributed by atoms with Crippen molar-refractivity contribution in [1.82, 2.24) is 4.98 Å². The van der Waals surface area contributed by atoms with Gasteiger partial charge in [0, 0.05) is 34.4 Å². The number of amides is 1. The molecule has 0 spiro atoms. The molecule has 0 radical (unpaired) electrons. The number of ether oxygens (including phenoxy) is 1. The summed E-state index contributed by atoms with van der Waals surface area (Å²) in [5, 5.41) is 4.88. The van der Waals surface area contributed by atoms with E-state index in [1.165, 1.54) is 0 Å². The van der Waals surface area contributed by atoms with Crippen LogP contribution in [0.15, 0.2) is 60.9 Å². The van der Waals surface area contributed by atoms with Gasteiger partial charge in [0.2, 0.25) is 0 Å². The number of methoxy groups -OCH3 is 1. The second kappa shape index (κ2) is 5.63. The van der Waals surface area contributed by atoms with Crippen LogP contribution in [0.4, 0.5) is 5.69 Å². The fourth-order valence-electron chi connectivity index (χ4n) is 2.19. The lowest BCUT2D eigenvalue weighted by atomic mass is 10.1. The van der Waals surface area contributed by atoms with Gasteiger partial charge < -0.3 is 10.1 Å². The number of nitrogens with one attached hydrogen (secondary N) is 1. The Morgan fingerprint density at radius 3 is 2.86 bits per heavy atom. The van der Waals surface area contributed by atoms with Gasteiger partial charge in [-0.25, -0.2) is 0 Å². The minimum Gasteiger partial charge on any atom is -0.497 e. The zero-order valence-corrected chi connectivity index (χ0v) is 11.5. The molecule has 4 nitrogen and oxygen atoms in total. The lowest BCUT2D eigenvalue weighted by Gasteiger charge is -2.09. The lowest BCUT2D eigenvalue weighted by molar-refractivity contribution is 0.102. The Labute approximate surface area is 122 Å². The number of fused-ring (bicyclic) bond motifs is 1. The van der Waals surface area contributed by atoms with Crippen molar-refractivity contribution in [2.75, 3.05) is 12.4 Å². The Bertz CT molecular complexity index is 794. The van der Waals surface area contributed by atoms with E-state index in [1.807, 2.05) is 24.3 Å². The Morgan fingerprint density at radius 1 is 1.14 bits per heavy atom. The van der Waals surface area contributed by atoms with Crippen LogP contribution in [0.5, 0.6) is 5.75 Å². The number of hydrogen-bond donors (Lipinski definition) is 1. The molecule has 3 aromatic rings. The first kappa shape index (κ1) is 13.1. The summed E-state index contributed by atoms with van der Waals surface area (Å²) in [6.07, 6.45) is 3.49. The van der Waals surface area contributed by atoms with Crippen molar-refractivity contribution in [3.63, 3.8) is 0 Å². The fourth-order valence-corrected chi connectivity index (χ4v) is 2.19. The number of anilines is 1. The van der Waals surface area contributed by atoms with Gasteiger partial charge in [-0.05, 0) is 30.3 Å². The third-order valence-electron chi connectivity index (χ3n) is 3.26. The van der Waals surface area contributed by atoms with Crippen LogP contribution in [0, 0.1) is 0 Å². The normalized spacial score (nSPS) is 10.3. The Hall–Kier alpha value is -2.88. The van der Waals surface area contributed by atoms with Gasteiger partial charge in [-0.15, -0.1) is 0 Å². The number of aromatic nitrogens is 1. The third kappa shape index (κ3) is 2.69. The molecule has 0 unspecified atom stereocenters. The highest BCUT2D eigenvalue weighted by Gasteiger charge is 2.09. The smallest absolute Gasteiger partial charge is 0.255 e. The van der Waals surface area contributed by atoms with Crippen LogP contribution in [0.2, 0.25) is 0 Å². The molecule has 21 heavy (non-hydrogen) atoms. The van der Waals surface area contributed by atoms with Crippen molar-refractivity contribution in [2.45, 2.75) is 0 Å². The van der Waals surface area contributed by atoms with Gasteiger partial charge in [0.15, 0.2) is 0 Å². The van der Waals surface area contributed by atoms with Crippen LogP contribution < -0.4 is 10.1 Å². The summed E-state index contributed by atoms with van der Waals surface area (Å²) in [4.78, 5) is 16.4. The fraction of sp³-hybridized carbons (Fsp3) is 0.0588. The molecule has 0 saturated heterocycles. The second-order valence-electron chi connectivity index (χ2n) is 4.59. The Kier molecular flexibility index (Phi) is 3.51. The van der Waals surface area contributed by atoms with Gasteiger partial charge in [-0.3, -0.25) is 9.78 Å². The summed E-state index contributed by atoms with van der Waals surface area (Å²) in [7, 11) is 1.58. The summed E-state index contributed by atoms with van der Waals surface area (Å²) in [5.41, 5.74) is 1.32. The van der Waals surface area contributed by atoms with Crippen LogP contribution in [-0.4, -0.2) is 18.0 Å². The first-order valence-corrected chi connectivity index (χ1v) is 6.56. The van der Waals surface area contributed by atoms with Crippen LogP contribution in [-0.2, 0) is 0 Å². The molecule has 0 aliphatic heterocycles. The van der Waals surface area contributed by atoms with Crippen LogP contribution in [0.3, 0.4) is 0 Å². The van der Waals surface area contributed by atoms with Crippen molar-refractivity contribution >= 4 is 22.4 Å². The van der Waals surface area contributed by atoms with Crippen molar-refractivity contribution in [3.05, 3.63) is 66.5 Å². The maximum atomic E-state index is 12.3. The van der Waals surface area contributed by atoms with E-state index < -0.39 is 0 Å². The average molecular weight is 278 g/mol. The Balaban J connectivity index is 1.93. The van der Waals surface area contributed by atoms with Crippen molar-refractivity contribution in [1.29, 1.82) is 0 Å². The van der Waals surface area contributed by atoms with Crippen molar-refractivity contribution < 1.29 is 9.53 Å². The van der Waals surface area contributed by atoms with Gasteiger partial charge >= 0.3 is 0 Å². The summed E-state index contributed by atoms with van der Waals surface area (Å²) < 4.78 is 5.14. The van der Waals surface area contributed by atoms with Crippen LogP contribution in [0.25, 0.3) is 10.8 Å². The molecule has 3 rings (SSSR count). The van der Waals surface area contributed by atoms with E-state index >= 15 is 0 Å². The summed E-state index contributed by atoms with van der Waals surface area (Å²) >= 11 is 0. The highest BCUT2D eigenvalue weighted by Crippen LogP contribution is 2.23. The predicted molar refractivity (Wildman–Crippen MR) is 82.7 cm³/mol. The minimum absolute atomic E-state index is 0.168. The van der Waals surface area contributed by atoms with E-state index in [0.29, 0.717) is 11.3 Å². The molecule has 0 fully saturated rings. The van der Waals surface area contributed by atoms with Gasteiger partial charge in [0.05, 0.1) is 7.11 Å². The monoisotopic (exact) mass is 278 g/mol. The molecular formula is C17H14N2O2. The number of carbonyl (C=O) groups excluding carboxylic acids is 1. The molecule has 0 aliphatic rings. The van der Waals surface area contributed by atoms with Gasteiger partial charge in [0.1, 0.15) is 5.75 Å². The van der Waals surface area contributed by atoms with Crippen molar-refractivity contribution in [2.24, 2.45) is 0 Å². The minimum atomic E-state index is -0.168. The molecule has 1 aromatic heterocycles. The number of rotatable bonds is 3. The maximum Gasteiger partial charge on any atom is 0.255 e. The molecule has 1 N–H and O–H groups in total. The average Bonchev–Trinajstić information content (AvgIpc) is 2.55. The maximum absolute atomic E-state index is 12.3. The summed E-state index contributed by atoms with van der Waals surface area (Å²) in [6.45, 7) is 0. The van der Waals surface area contributed by atoms with E-state index in [9.17, 15) is 4.79 Å². The number of carbonyl (C=O) groups is 1. The molecule has 2 aromatic carbocycles. The van der Waals surface area contributed by atoms with Gasteiger partial charge in [-0.2, -0.15) is 0 Å². The molecule has 104 valence electrons. The van der Waals surface area contributed by atoms with Crippen LogP contribution >= 0.6 is 0 Å². The molecule has 4 heteroatoms. The van der Waals surface area contributed by atoms with E-state index in [4.69, 9.17) is 4.74 Å². The molecule has 1 heterocycles. The lowest BCUT2D eigenvalue weighted by Crippen LogP contribution is -2.12. The van der Waals surface area contributed by atoms with Gasteiger partial charge in [-0.1, -0.05) is 18.2 Å². The first-order valence-electron chi connectivity index (χ1n) is 6.56. The highest BCUT2D eigenvalue weighted by molar-refractivity contribution is 6.09. The quantitative estimate of drug-likeness (QED) is 0.797. The standard InChI is InChI=1S/C17H14N2O2/c1-21-14-6-2-4-12(10-14)17(20)19-16-7-3-5-13-11-18-9-8-15(13)16/h2-11H,1H3,(H,19,20). The number of nitrogens with zero attached hydrogens (tertiary/aromatic N) is 1. The number of pyridine rings is 1. The Morgan fingerprint density at radius 2 is 2.00 bits per heavy atom. The van der Waals surface area contributed by atoms with E-state index in [1.54, 1.807) is 43.8 Å². The summed E-state index contributed by atoms with van der Waals surface area (Å²) in [5.74, 6) is 0.489. The zero-order chi connectivity index (χ0) is 14.7. The third-order valence-corrected chi connectivity index (χ3v) is 3.26. The SMILES string of the molecule is COc1cccc(C(=O)Nc2cccc3cnccc23)c1. The zero-order valence-electron chi connectivity index (χ0n) is 11.5. The largest absolute Gasteiger partial charge is 0.497 e.